The largest absolute Gasteiger partial charge is 0.462 e. The van der Waals surface area contributed by atoms with Gasteiger partial charge < -0.3 is 28.9 Å². The molecular formula is C27H35N3O9. The summed E-state index contributed by atoms with van der Waals surface area (Å²) in [6.07, 6.45) is 6.92. The molecular weight excluding hydrogens is 510 g/mol. The molecule has 0 atom stereocenters. The van der Waals surface area contributed by atoms with Gasteiger partial charge in [0.2, 0.25) is 17.7 Å². The van der Waals surface area contributed by atoms with Crippen LogP contribution >= 0.6 is 0 Å². The predicted octanol–water partition coefficient (Wildman–Crippen LogP) is 1.49. The summed E-state index contributed by atoms with van der Waals surface area (Å²) in [4.78, 5) is 72.2. The smallest absolute Gasteiger partial charge is 0.330 e. The van der Waals surface area contributed by atoms with E-state index in [1.165, 1.54) is 14.7 Å². The zero-order valence-corrected chi connectivity index (χ0v) is 22.2. The summed E-state index contributed by atoms with van der Waals surface area (Å²) in [5.41, 5.74) is -0.837. The van der Waals surface area contributed by atoms with Crippen molar-refractivity contribution in [3.05, 3.63) is 75.9 Å². The van der Waals surface area contributed by atoms with E-state index in [0.717, 1.165) is 36.5 Å². The van der Waals surface area contributed by atoms with Crippen LogP contribution in [0.5, 0.6) is 0 Å². The highest BCUT2D eigenvalue weighted by atomic mass is 16.6. The molecule has 1 heterocycles. The Morgan fingerprint density at radius 1 is 0.564 bits per heavy atom. The summed E-state index contributed by atoms with van der Waals surface area (Å²) < 4.78 is 15.0. The van der Waals surface area contributed by atoms with Gasteiger partial charge in [0.05, 0.1) is 25.4 Å². The maximum Gasteiger partial charge on any atom is 0.330 e. The number of hydrogen-bond acceptors (Lipinski definition) is 9. The molecule has 1 aliphatic rings. The molecule has 12 nitrogen and oxygen atoms in total. The third-order valence-corrected chi connectivity index (χ3v) is 5.29. The molecule has 0 spiro atoms. The Balaban J connectivity index is 0.000000748. The van der Waals surface area contributed by atoms with Crippen LogP contribution in [-0.2, 0) is 43.0 Å². The van der Waals surface area contributed by atoms with E-state index in [0.29, 0.717) is 6.42 Å². The molecule has 0 unspecified atom stereocenters. The Morgan fingerprint density at radius 3 is 1.00 bits per heavy atom. The first-order valence-corrected chi connectivity index (χ1v) is 11.6. The fourth-order valence-electron chi connectivity index (χ4n) is 2.84. The molecule has 0 N–H and O–H groups in total. The van der Waals surface area contributed by atoms with E-state index in [1.807, 2.05) is 0 Å². The fraction of sp³-hybridized carbons (Fsp3) is 0.333. The average Bonchev–Trinajstić information content (AvgIpc) is 2.98. The van der Waals surface area contributed by atoms with Gasteiger partial charge in [-0.15, -0.1) is 0 Å². The van der Waals surface area contributed by atoms with Gasteiger partial charge >= 0.3 is 17.9 Å². The molecule has 1 aliphatic heterocycles. The zero-order chi connectivity index (χ0) is 30.0. The van der Waals surface area contributed by atoms with Crippen molar-refractivity contribution < 1.29 is 43.0 Å². The van der Waals surface area contributed by atoms with Gasteiger partial charge in [-0.25, -0.2) is 14.4 Å². The first-order valence-electron chi connectivity index (χ1n) is 11.6. The predicted molar refractivity (Wildman–Crippen MR) is 142 cm³/mol. The molecule has 1 fully saturated rings. The summed E-state index contributed by atoms with van der Waals surface area (Å²) >= 11 is 0. The molecule has 0 radical (unpaired) electrons. The molecule has 12 heteroatoms. The van der Waals surface area contributed by atoms with Crippen molar-refractivity contribution in [2.75, 3.05) is 39.8 Å². The molecule has 0 saturated carbocycles. The van der Waals surface area contributed by atoms with Crippen LogP contribution in [0.3, 0.4) is 0 Å². The zero-order valence-electron chi connectivity index (χ0n) is 22.2. The minimum atomic E-state index is -0.837. The second-order valence-corrected chi connectivity index (χ2v) is 7.96. The lowest BCUT2D eigenvalue weighted by Gasteiger charge is -2.41. The van der Waals surface area contributed by atoms with Gasteiger partial charge in [0.25, 0.3) is 0 Å². The number of amides is 3. The van der Waals surface area contributed by atoms with E-state index < -0.39 is 23.3 Å². The van der Waals surface area contributed by atoms with Crippen molar-refractivity contribution >= 4 is 35.6 Å². The van der Waals surface area contributed by atoms with Gasteiger partial charge in [-0.2, -0.15) is 0 Å². The number of nitrogens with zero attached hydrogens (tertiary/aromatic N) is 3. The molecule has 0 bridgehead atoms. The van der Waals surface area contributed by atoms with Gasteiger partial charge in [0.15, 0.2) is 0 Å². The SMILES string of the molecule is C=CC(=O)N1CN(C(=O)C=C)CN(C(=O)C=C)C1.C=CC(=O)OCC(CC)(COC(=O)C=C)COC(=O)C=C. The molecule has 212 valence electrons. The Morgan fingerprint density at radius 2 is 0.821 bits per heavy atom. The van der Waals surface area contributed by atoms with Gasteiger partial charge in [-0.3, -0.25) is 14.4 Å². The summed E-state index contributed by atoms with van der Waals surface area (Å²) in [5, 5.41) is 0. The van der Waals surface area contributed by atoms with Crippen molar-refractivity contribution in [1.29, 1.82) is 0 Å². The van der Waals surface area contributed by atoms with Crippen LogP contribution in [0.2, 0.25) is 0 Å². The summed E-state index contributed by atoms with van der Waals surface area (Å²) in [5.74, 6) is -2.89. The molecule has 0 aromatic heterocycles. The van der Waals surface area contributed by atoms with Crippen molar-refractivity contribution in [1.82, 2.24) is 14.7 Å². The summed E-state index contributed by atoms with van der Waals surface area (Å²) in [6, 6.07) is 0. The maximum absolute atomic E-state index is 11.6. The minimum absolute atomic E-state index is 0.0802. The van der Waals surface area contributed by atoms with Gasteiger partial charge in [0.1, 0.15) is 19.8 Å². The molecule has 0 aromatic carbocycles. The summed E-state index contributed by atoms with van der Waals surface area (Å²) in [6.45, 7) is 21.9. The number of hydrogen-bond donors (Lipinski definition) is 0. The summed E-state index contributed by atoms with van der Waals surface area (Å²) in [7, 11) is 0. The lowest BCUT2D eigenvalue weighted by molar-refractivity contribution is -0.157. The molecule has 1 saturated heterocycles. The van der Waals surface area contributed by atoms with Crippen LogP contribution < -0.4 is 0 Å². The van der Waals surface area contributed by atoms with Crippen molar-refractivity contribution in [2.45, 2.75) is 13.3 Å². The van der Waals surface area contributed by atoms with Crippen LogP contribution in [-0.4, -0.2) is 90.2 Å². The van der Waals surface area contributed by atoms with Gasteiger partial charge in [-0.1, -0.05) is 46.4 Å². The van der Waals surface area contributed by atoms with Crippen molar-refractivity contribution in [3.63, 3.8) is 0 Å². The van der Waals surface area contributed by atoms with E-state index in [2.05, 4.69) is 39.5 Å². The highest BCUT2D eigenvalue weighted by Gasteiger charge is 2.33. The first kappa shape index (κ1) is 34.3. The topological polar surface area (TPSA) is 140 Å². The minimum Gasteiger partial charge on any atom is -0.462 e. The Kier molecular flexibility index (Phi) is 15.5. The number of carbonyl (C=O) groups is 6. The lowest BCUT2D eigenvalue weighted by Crippen LogP contribution is -2.58. The second-order valence-electron chi connectivity index (χ2n) is 7.96. The quantitative estimate of drug-likeness (QED) is 0.191. The highest BCUT2D eigenvalue weighted by Crippen LogP contribution is 2.24. The Bertz CT molecular complexity index is 875. The monoisotopic (exact) mass is 545 g/mol. The van der Waals surface area contributed by atoms with Crippen LogP contribution in [0.1, 0.15) is 13.3 Å². The van der Waals surface area contributed by atoms with Crippen molar-refractivity contribution in [2.24, 2.45) is 5.41 Å². The van der Waals surface area contributed by atoms with Crippen molar-refractivity contribution in [3.8, 4) is 0 Å². The van der Waals surface area contributed by atoms with Gasteiger partial charge in [0, 0.05) is 18.2 Å². The maximum atomic E-state index is 11.6. The number of esters is 3. The number of carbonyl (C=O) groups excluding carboxylic acids is 6. The third kappa shape index (κ3) is 11.9. The molecule has 3 amide bonds. The fourth-order valence-corrected chi connectivity index (χ4v) is 2.84. The Hall–Kier alpha value is -4.74. The number of rotatable bonds is 13. The van der Waals surface area contributed by atoms with Gasteiger partial charge in [-0.05, 0) is 24.6 Å². The second kappa shape index (κ2) is 17.7. The van der Waals surface area contributed by atoms with E-state index in [4.69, 9.17) is 14.2 Å². The molecule has 1 rings (SSSR count). The standard InChI is InChI=1S/C15H20O6.C12H15N3O3/c1-5-12(16)19-9-15(8-4,10-20-13(17)6-2)11-21-14(18)7-3;1-4-10(16)13-7-14(11(17)5-2)9-15(8-13)12(18)6-3/h5-7H,1-3,8-11H2,4H3;4-6H,1-3,7-9H2. The van der Waals surface area contributed by atoms with E-state index >= 15 is 0 Å². The van der Waals surface area contributed by atoms with Crippen LogP contribution in [0.4, 0.5) is 0 Å². The van der Waals surface area contributed by atoms with Crippen LogP contribution in [0.25, 0.3) is 0 Å². The highest BCUT2D eigenvalue weighted by molar-refractivity contribution is 5.92. The Labute approximate surface area is 228 Å². The van der Waals surface area contributed by atoms with E-state index in [9.17, 15) is 28.8 Å². The lowest BCUT2D eigenvalue weighted by atomic mass is 9.88. The normalized spacial score (nSPS) is 12.4. The molecule has 0 aliphatic carbocycles. The first-order chi connectivity index (χ1) is 18.5. The molecule has 39 heavy (non-hydrogen) atoms. The number of ether oxygens (including phenoxy) is 3. The van der Waals surface area contributed by atoms with E-state index in [-0.39, 0.29) is 57.5 Å². The molecule has 0 aromatic rings. The van der Waals surface area contributed by atoms with E-state index in [1.54, 1.807) is 6.92 Å². The average molecular weight is 546 g/mol. The third-order valence-electron chi connectivity index (χ3n) is 5.29. The van der Waals surface area contributed by atoms with Crippen LogP contribution in [0, 0.1) is 5.41 Å². The van der Waals surface area contributed by atoms with Crippen LogP contribution in [0.15, 0.2) is 75.9 Å².